The number of aromatic nitrogens is 1. The van der Waals surface area contributed by atoms with Crippen LogP contribution in [0.2, 0.25) is 5.02 Å². The number of methoxy groups -OCH3 is 1. The van der Waals surface area contributed by atoms with Gasteiger partial charge in [0.05, 0.1) is 16.8 Å². The highest BCUT2D eigenvalue weighted by atomic mass is 35.5. The van der Waals surface area contributed by atoms with Gasteiger partial charge in [0.1, 0.15) is 0 Å². The summed E-state index contributed by atoms with van der Waals surface area (Å²) in [7, 11) is 1.65. The molecular weight excluding hydrogens is 344 g/mol. The molecule has 2 aromatic carbocycles. The molecule has 1 amide bonds. The number of amides is 1. The Kier molecular flexibility index (Phi) is 5.14. The van der Waals surface area contributed by atoms with Gasteiger partial charge in [-0.15, -0.1) is 0 Å². The second-order valence-corrected chi connectivity index (χ2v) is 6.73. The van der Waals surface area contributed by atoms with Gasteiger partial charge in [0, 0.05) is 24.2 Å². The van der Waals surface area contributed by atoms with Gasteiger partial charge in [0.25, 0.3) is 5.91 Å². The fourth-order valence-corrected chi connectivity index (χ4v) is 3.61. The molecule has 0 saturated carbocycles. The summed E-state index contributed by atoms with van der Waals surface area (Å²) < 4.78 is 6.11. The maximum atomic E-state index is 12.8. The summed E-state index contributed by atoms with van der Waals surface area (Å²) in [5, 5.41) is 1.32. The number of halogens is 1. The van der Waals surface area contributed by atoms with Crippen molar-refractivity contribution < 1.29 is 9.53 Å². The van der Waals surface area contributed by atoms with Crippen LogP contribution in [0.1, 0.15) is 22.8 Å². The molecule has 0 bridgehead atoms. The lowest BCUT2D eigenvalue weighted by molar-refractivity contribution is 0.0988. The average molecular weight is 361 g/mol. The lowest BCUT2D eigenvalue weighted by Gasteiger charge is -2.17. The third kappa shape index (κ3) is 3.43. The molecule has 1 aromatic heterocycles. The van der Waals surface area contributed by atoms with Crippen LogP contribution < -0.4 is 4.90 Å². The number of nitrogens with zero attached hydrogens (tertiary/aromatic N) is 2. The summed E-state index contributed by atoms with van der Waals surface area (Å²) in [5.41, 5.74) is 2.48. The number of fused-ring (bicyclic) bond motifs is 1. The van der Waals surface area contributed by atoms with Gasteiger partial charge in [-0.25, -0.2) is 4.98 Å². The van der Waals surface area contributed by atoms with Crippen LogP contribution in [0.4, 0.5) is 5.13 Å². The van der Waals surface area contributed by atoms with Crippen LogP contribution in [-0.4, -0.2) is 24.5 Å². The number of carbonyl (C=O) groups excluding carboxylic acids is 1. The lowest BCUT2D eigenvalue weighted by Crippen LogP contribution is -2.30. The molecule has 0 aliphatic heterocycles. The van der Waals surface area contributed by atoms with Gasteiger partial charge in [0.15, 0.2) is 5.13 Å². The van der Waals surface area contributed by atoms with Crippen molar-refractivity contribution in [1.29, 1.82) is 0 Å². The second kappa shape index (κ2) is 7.30. The van der Waals surface area contributed by atoms with E-state index in [0.29, 0.717) is 28.9 Å². The fourth-order valence-electron chi connectivity index (χ4n) is 2.44. The van der Waals surface area contributed by atoms with E-state index in [4.69, 9.17) is 16.3 Å². The summed E-state index contributed by atoms with van der Waals surface area (Å²) in [6, 6.07) is 13.0. The Balaban J connectivity index is 1.89. The standard InChI is InChI=1S/C18H17ClN2O2S/c1-3-21(17(22)13-6-4-12(5-7-13)11-23-2)18-20-15-10-14(19)8-9-16(15)24-18/h4-10H,3,11H2,1-2H3. The van der Waals surface area contributed by atoms with E-state index in [2.05, 4.69) is 4.98 Å². The molecule has 124 valence electrons. The predicted octanol–water partition coefficient (Wildman–Crippen LogP) is 4.76. The number of hydrogen-bond donors (Lipinski definition) is 0. The molecule has 0 spiro atoms. The molecule has 0 unspecified atom stereocenters. The Bertz CT molecular complexity index is 861. The van der Waals surface area contributed by atoms with E-state index in [1.807, 2.05) is 49.4 Å². The van der Waals surface area contributed by atoms with Crippen molar-refractivity contribution in [3.05, 3.63) is 58.6 Å². The van der Waals surface area contributed by atoms with Crippen molar-refractivity contribution in [3.8, 4) is 0 Å². The number of hydrogen-bond acceptors (Lipinski definition) is 4. The first-order chi connectivity index (χ1) is 11.6. The van der Waals surface area contributed by atoms with Crippen LogP contribution in [0.3, 0.4) is 0 Å². The molecular formula is C18H17ClN2O2S. The smallest absolute Gasteiger partial charge is 0.260 e. The number of ether oxygens (including phenoxy) is 1. The number of benzene rings is 2. The van der Waals surface area contributed by atoms with Gasteiger partial charge < -0.3 is 4.74 Å². The normalized spacial score (nSPS) is 11.0. The van der Waals surface area contributed by atoms with E-state index in [9.17, 15) is 4.79 Å². The summed E-state index contributed by atoms with van der Waals surface area (Å²) in [6.07, 6.45) is 0. The largest absolute Gasteiger partial charge is 0.380 e. The molecule has 0 atom stereocenters. The maximum Gasteiger partial charge on any atom is 0.260 e. The quantitative estimate of drug-likeness (QED) is 0.658. The molecule has 1 heterocycles. The number of carbonyl (C=O) groups is 1. The van der Waals surface area contributed by atoms with Crippen LogP contribution in [0.15, 0.2) is 42.5 Å². The van der Waals surface area contributed by atoms with E-state index in [1.54, 1.807) is 12.0 Å². The molecule has 6 heteroatoms. The minimum atomic E-state index is -0.0633. The van der Waals surface area contributed by atoms with Crippen molar-refractivity contribution in [3.63, 3.8) is 0 Å². The molecule has 0 saturated heterocycles. The van der Waals surface area contributed by atoms with Crippen molar-refractivity contribution >= 4 is 44.2 Å². The maximum absolute atomic E-state index is 12.8. The Morgan fingerprint density at radius 2 is 2.00 bits per heavy atom. The Morgan fingerprint density at radius 3 is 2.67 bits per heavy atom. The minimum Gasteiger partial charge on any atom is -0.380 e. The van der Waals surface area contributed by atoms with Crippen molar-refractivity contribution in [2.24, 2.45) is 0 Å². The van der Waals surface area contributed by atoms with E-state index in [-0.39, 0.29) is 5.91 Å². The highest BCUT2D eigenvalue weighted by Gasteiger charge is 2.19. The van der Waals surface area contributed by atoms with Gasteiger partial charge in [-0.2, -0.15) is 0 Å². The van der Waals surface area contributed by atoms with E-state index in [1.165, 1.54) is 11.3 Å². The molecule has 0 aliphatic carbocycles. The topological polar surface area (TPSA) is 42.4 Å². The van der Waals surface area contributed by atoms with Gasteiger partial charge >= 0.3 is 0 Å². The van der Waals surface area contributed by atoms with Gasteiger partial charge in [-0.1, -0.05) is 35.1 Å². The van der Waals surface area contributed by atoms with Gasteiger partial charge in [-0.05, 0) is 42.8 Å². The van der Waals surface area contributed by atoms with Crippen molar-refractivity contribution in [2.75, 3.05) is 18.6 Å². The molecule has 3 rings (SSSR count). The van der Waals surface area contributed by atoms with Crippen LogP contribution in [0.25, 0.3) is 10.2 Å². The fraction of sp³-hybridized carbons (Fsp3) is 0.222. The summed E-state index contributed by atoms with van der Waals surface area (Å²) in [4.78, 5) is 19.1. The molecule has 0 N–H and O–H groups in total. The first-order valence-electron chi connectivity index (χ1n) is 7.58. The second-order valence-electron chi connectivity index (χ2n) is 5.29. The molecule has 24 heavy (non-hydrogen) atoms. The molecule has 3 aromatic rings. The van der Waals surface area contributed by atoms with E-state index >= 15 is 0 Å². The summed E-state index contributed by atoms with van der Waals surface area (Å²) in [5.74, 6) is -0.0633. The molecule has 0 radical (unpaired) electrons. The van der Waals surface area contributed by atoms with Crippen molar-refractivity contribution in [1.82, 2.24) is 4.98 Å². The Morgan fingerprint density at radius 1 is 1.25 bits per heavy atom. The number of thiazole rings is 1. The number of anilines is 1. The molecule has 0 fully saturated rings. The third-order valence-corrected chi connectivity index (χ3v) is 4.94. The first kappa shape index (κ1) is 16.9. The minimum absolute atomic E-state index is 0.0633. The van der Waals surface area contributed by atoms with Gasteiger partial charge in [-0.3, -0.25) is 9.69 Å². The Labute approximate surface area is 149 Å². The van der Waals surface area contributed by atoms with Crippen LogP contribution in [-0.2, 0) is 11.3 Å². The SMILES string of the molecule is CCN(C(=O)c1ccc(COC)cc1)c1nc2cc(Cl)ccc2s1. The number of rotatable bonds is 5. The predicted molar refractivity (Wildman–Crippen MR) is 99.1 cm³/mol. The van der Waals surface area contributed by atoms with Crippen LogP contribution in [0, 0.1) is 0 Å². The Hall–Kier alpha value is -1.95. The third-order valence-electron chi connectivity index (χ3n) is 3.64. The van der Waals surface area contributed by atoms with E-state index < -0.39 is 0 Å². The zero-order chi connectivity index (χ0) is 17.1. The highest BCUT2D eigenvalue weighted by molar-refractivity contribution is 7.22. The highest BCUT2D eigenvalue weighted by Crippen LogP contribution is 2.31. The monoisotopic (exact) mass is 360 g/mol. The summed E-state index contributed by atoms with van der Waals surface area (Å²) >= 11 is 7.50. The first-order valence-corrected chi connectivity index (χ1v) is 8.77. The summed E-state index contributed by atoms with van der Waals surface area (Å²) in [6.45, 7) is 3.02. The zero-order valence-corrected chi connectivity index (χ0v) is 15.0. The van der Waals surface area contributed by atoms with Gasteiger partial charge in [0.2, 0.25) is 0 Å². The van der Waals surface area contributed by atoms with E-state index in [0.717, 1.165) is 15.8 Å². The lowest BCUT2D eigenvalue weighted by atomic mass is 10.1. The van der Waals surface area contributed by atoms with Crippen LogP contribution >= 0.6 is 22.9 Å². The average Bonchev–Trinajstić information content (AvgIpc) is 2.99. The van der Waals surface area contributed by atoms with Crippen LogP contribution in [0.5, 0.6) is 0 Å². The zero-order valence-electron chi connectivity index (χ0n) is 13.5. The molecule has 0 aliphatic rings. The molecule has 4 nitrogen and oxygen atoms in total. The van der Waals surface area contributed by atoms with Crippen molar-refractivity contribution in [2.45, 2.75) is 13.5 Å².